The van der Waals surface area contributed by atoms with Crippen molar-refractivity contribution in [3.8, 4) is 0 Å². The highest BCUT2D eigenvalue weighted by Gasteiger charge is 2.16. The van der Waals surface area contributed by atoms with E-state index in [1.807, 2.05) is 0 Å². The third-order valence-corrected chi connectivity index (χ3v) is 4.91. The number of halogens is 2. The molecule has 0 fully saturated rings. The van der Waals surface area contributed by atoms with Crippen molar-refractivity contribution < 1.29 is 13.6 Å². The van der Waals surface area contributed by atoms with Crippen LogP contribution in [-0.2, 0) is 6.54 Å². The Bertz CT molecular complexity index is 1230. The monoisotopic (exact) mass is 398 g/mol. The Kier molecular flexibility index (Phi) is 4.74. The molecule has 4 rings (SSSR count). The van der Waals surface area contributed by atoms with Crippen LogP contribution in [0.5, 0.6) is 0 Å². The Labute approximate surface area is 161 Å². The number of carbonyl (C=O) groups is 1. The predicted octanol–water partition coefficient (Wildman–Crippen LogP) is 3.20. The lowest BCUT2D eigenvalue weighted by molar-refractivity contribution is 0.0966. The molecule has 2 aromatic heterocycles. The fourth-order valence-electron chi connectivity index (χ4n) is 2.61. The molecule has 140 valence electrons. The third kappa shape index (κ3) is 3.56. The number of fused-ring (bicyclic) bond motifs is 1. The summed E-state index contributed by atoms with van der Waals surface area (Å²) in [4.78, 5) is 29.7. The Hall–Kier alpha value is -3.33. The predicted molar refractivity (Wildman–Crippen MR) is 98.5 cm³/mol. The maximum atomic E-state index is 13.4. The number of nitrogens with zero attached hydrogens (tertiary/aromatic N) is 4. The first-order valence-electron chi connectivity index (χ1n) is 8.17. The molecule has 0 N–H and O–H groups in total. The molecule has 0 saturated carbocycles. The summed E-state index contributed by atoms with van der Waals surface area (Å²) in [5, 5.41) is 4.61. The van der Waals surface area contributed by atoms with Gasteiger partial charge in [-0.1, -0.05) is 17.8 Å². The van der Waals surface area contributed by atoms with Crippen molar-refractivity contribution in [3.05, 3.63) is 88.6 Å². The number of hydrogen-bond acceptors (Lipinski definition) is 5. The summed E-state index contributed by atoms with van der Waals surface area (Å²) in [6.07, 6.45) is 2.88. The average Bonchev–Trinajstić information content (AvgIpc) is 2.99. The van der Waals surface area contributed by atoms with Gasteiger partial charge in [0.25, 0.3) is 0 Å². The van der Waals surface area contributed by atoms with Crippen LogP contribution in [0.25, 0.3) is 5.65 Å². The Morgan fingerprint density at radius 3 is 2.61 bits per heavy atom. The van der Waals surface area contributed by atoms with Gasteiger partial charge in [0.1, 0.15) is 23.2 Å². The lowest BCUT2D eigenvalue weighted by Crippen LogP contribution is -2.25. The maximum absolute atomic E-state index is 13.4. The molecule has 0 aliphatic rings. The molecule has 0 unspecified atom stereocenters. The molecular formula is C19H12F2N4O2S. The van der Waals surface area contributed by atoms with Crippen molar-refractivity contribution in [1.82, 2.24) is 19.2 Å². The zero-order chi connectivity index (χ0) is 19.7. The van der Waals surface area contributed by atoms with Crippen molar-refractivity contribution in [3.63, 3.8) is 0 Å². The van der Waals surface area contributed by atoms with Crippen LogP contribution in [-0.4, -0.2) is 24.9 Å². The number of hydrogen-bond donors (Lipinski definition) is 0. The summed E-state index contributed by atoms with van der Waals surface area (Å²) in [7, 11) is 0. The van der Waals surface area contributed by atoms with Crippen LogP contribution in [0.1, 0.15) is 10.4 Å². The van der Waals surface area contributed by atoms with Crippen molar-refractivity contribution in [2.75, 3.05) is 0 Å². The summed E-state index contributed by atoms with van der Waals surface area (Å²) < 4.78 is 28.7. The quantitative estimate of drug-likeness (QED) is 0.483. The highest BCUT2D eigenvalue weighted by atomic mass is 32.2. The molecule has 0 atom stereocenters. The van der Waals surface area contributed by atoms with Crippen molar-refractivity contribution in [2.24, 2.45) is 0 Å². The van der Waals surface area contributed by atoms with Crippen LogP contribution in [0, 0.1) is 11.6 Å². The largest absolute Gasteiger partial charge is 0.350 e. The molecule has 28 heavy (non-hydrogen) atoms. The van der Waals surface area contributed by atoms with Crippen LogP contribution in [0.3, 0.4) is 0 Å². The molecule has 0 radical (unpaired) electrons. The fraction of sp³-hybridized carbons (Fsp3) is 0.0526. The van der Waals surface area contributed by atoms with Gasteiger partial charge in [0, 0.05) is 22.9 Å². The SMILES string of the molecule is O=C(Cn1nc2c(Sc3cccc(F)c3)nccn2c1=O)c1ccc(F)cc1. The first-order chi connectivity index (χ1) is 13.5. The zero-order valence-corrected chi connectivity index (χ0v) is 15.1. The second kappa shape index (κ2) is 7.35. The molecule has 2 aromatic carbocycles. The number of aromatic nitrogens is 4. The van der Waals surface area contributed by atoms with Gasteiger partial charge in [0.05, 0.1) is 0 Å². The number of rotatable bonds is 5. The molecule has 0 aliphatic heterocycles. The van der Waals surface area contributed by atoms with Gasteiger partial charge in [0.15, 0.2) is 11.4 Å². The summed E-state index contributed by atoms with van der Waals surface area (Å²) in [6.45, 7) is -0.295. The van der Waals surface area contributed by atoms with Gasteiger partial charge >= 0.3 is 5.69 Å². The Morgan fingerprint density at radius 1 is 1.07 bits per heavy atom. The maximum Gasteiger partial charge on any atom is 0.350 e. The molecule has 2 heterocycles. The molecule has 6 nitrogen and oxygen atoms in total. The smallest absolute Gasteiger partial charge is 0.292 e. The number of ketones is 1. The van der Waals surface area contributed by atoms with E-state index in [2.05, 4.69) is 10.1 Å². The number of benzene rings is 2. The van der Waals surface area contributed by atoms with Crippen molar-refractivity contribution in [1.29, 1.82) is 0 Å². The van der Waals surface area contributed by atoms with Crippen LogP contribution < -0.4 is 5.69 Å². The van der Waals surface area contributed by atoms with Gasteiger partial charge in [0.2, 0.25) is 0 Å². The van der Waals surface area contributed by atoms with Gasteiger partial charge in [-0.25, -0.2) is 27.6 Å². The molecule has 0 saturated heterocycles. The first kappa shape index (κ1) is 18.1. The molecule has 9 heteroatoms. The lowest BCUT2D eigenvalue weighted by Gasteiger charge is -2.01. The second-order valence-corrected chi connectivity index (χ2v) is 6.92. The van der Waals surface area contributed by atoms with Gasteiger partial charge in [-0.15, -0.1) is 5.10 Å². The minimum Gasteiger partial charge on any atom is -0.292 e. The summed E-state index contributed by atoms with van der Waals surface area (Å²) >= 11 is 1.16. The highest BCUT2D eigenvalue weighted by molar-refractivity contribution is 7.99. The van der Waals surface area contributed by atoms with Gasteiger partial charge in [-0.3, -0.25) is 4.79 Å². The van der Waals surface area contributed by atoms with Crippen LogP contribution in [0.2, 0.25) is 0 Å². The summed E-state index contributed by atoms with van der Waals surface area (Å²) in [5.41, 5.74) is 0.0282. The normalized spacial score (nSPS) is 11.1. The average molecular weight is 398 g/mol. The third-order valence-electron chi connectivity index (χ3n) is 3.94. The van der Waals surface area contributed by atoms with Gasteiger partial charge in [-0.05, 0) is 42.5 Å². The minimum absolute atomic E-state index is 0.258. The standard InChI is InChI=1S/C19H12F2N4O2S/c20-13-6-4-12(5-7-13)16(26)11-25-19(27)24-9-8-22-18(17(24)23-25)28-15-3-1-2-14(21)10-15/h1-10H,11H2. The number of carbonyl (C=O) groups excluding carboxylic acids is 1. The van der Waals surface area contributed by atoms with E-state index in [1.54, 1.807) is 12.1 Å². The first-order valence-corrected chi connectivity index (χ1v) is 8.99. The van der Waals surface area contributed by atoms with E-state index in [1.165, 1.54) is 53.2 Å². The summed E-state index contributed by atoms with van der Waals surface area (Å²) in [6, 6.07) is 11.0. The van der Waals surface area contributed by atoms with E-state index in [0.717, 1.165) is 16.4 Å². The molecule has 0 spiro atoms. The number of Topliss-reactive ketones (excluding diaryl/α,β-unsaturated/α-hetero) is 1. The fourth-order valence-corrected chi connectivity index (χ4v) is 3.49. The van der Waals surface area contributed by atoms with Crippen molar-refractivity contribution in [2.45, 2.75) is 16.5 Å². The molecule has 0 bridgehead atoms. The van der Waals surface area contributed by atoms with Gasteiger partial charge < -0.3 is 0 Å². The Morgan fingerprint density at radius 2 is 1.86 bits per heavy atom. The van der Waals surface area contributed by atoms with E-state index in [-0.39, 0.29) is 29.4 Å². The molecule has 4 aromatic rings. The van der Waals surface area contributed by atoms with E-state index in [9.17, 15) is 18.4 Å². The minimum atomic E-state index is -0.506. The molecular weight excluding hydrogens is 386 g/mol. The van der Waals surface area contributed by atoms with E-state index < -0.39 is 11.5 Å². The van der Waals surface area contributed by atoms with E-state index >= 15 is 0 Å². The van der Waals surface area contributed by atoms with Crippen LogP contribution in [0.4, 0.5) is 8.78 Å². The molecule has 0 amide bonds. The lowest BCUT2D eigenvalue weighted by atomic mass is 10.1. The van der Waals surface area contributed by atoms with Crippen LogP contribution in [0.15, 0.2) is 75.6 Å². The summed E-state index contributed by atoms with van der Waals surface area (Å²) in [5.74, 6) is -1.21. The van der Waals surface area contributed by atoms with E-state index in [0.29, 0.717) is 9.92 Å². The van der Waals surface area contributed by atoms with Crippen molar-refractivity contribution >= 4 is 23.2 Å². The zero-order valence-electron chi connectivity index (χ0n) is 14.3. The Balaban J connectivity index is 1.67. The van der Waals surface area contributed by atoms with Gasteiger partial charge in [-0.2, -0.15) is 0 Å². The topological polar surface area (TPSA) is 69.3 Å². The van der Waals surface area contributed by atoms with E-state index in [4.69, 9.17) is 0 Å². The molecule has 0 aliphatic carbocycles. The van der Waals surface area contributed by atoms with Crippen LogP contribution >= 0.6 is 11.8 Å². The second-order valence-electron chi connectivity index (χ2n) is 5.86. The highest BCUT2D eigenvalue weighted by Crippen LogP contribution is 2.28.